The first-order valence-corrected chi connectivity index (χ1v) is 11.0. The SMILES string of the molecule is N#Cc1c(NC(=O)c2cc3nc(-c4ccco4)cc(C(F)(F)F)n3n2)sc2c1CCCCC2. The van der Waals surface area contributed by atoms with Crippen molar-refractivity contribution in [2.24, 2.45) is 0 Å². The number of furan rings is 1. The number of hydrogen-bond acceptors (Lipinski definition) is 6. The van der Waals surface area contributed by atoms with Crippen LogP contribution >= 0.6 is 11.3 Å². The van der Waals surface area contributed by atoms with Crippen LogP contribution in [0.1, 0.15) is 51.4 Å². The van der Waals surface area contributed by atoms with Crippen LogP contribution in [-0.2, 0) is 19.0 Å². The van der Waals surface area contributed by atoms with Crippen LogP contribution in [0.15, 0.2) is 34.9 Å². The first-order chi connectivity index (χ1) is 15.8. The Bertz CT molecular complexity index is 1400. The lowest BCUT2D eigenvalue weighted by molar-refractivity contribution is -0.142. The molecule has 1 aliphatic carbocycles. The molecule has 5 rings (SSSR count). The maximum absolute atomic E-state index is 13.7. The minimum atomic E-state index is -4.73. The fraction of sp³-hybridized carbons (Fsp3) is 0.273. The molecule has 4 heterocycles. The highest BCUT2D eigenvalue weighted by atomic mass is 32.1. The zero-order chi connectivity index (χ0) is 23.2. The van der Waals surface area contributed by atoms with Crippen molar-refractivity contribution >= 4 is 27.9 Å². The summed E-state index contributed by atoms with van der Waals surface area (Å²) in [6.45, 7) is 0. The minimum absolute atomic E-state index is 0.0274. The molecule has 7 nitrogen and oxygen atoms in total. The van der Waals surface area contributed by atoms with Gasteiger partial charge >= 0.3 is 6.18 Å². The Kier molecular flexibility index (Phi) is 5.17. The molecule has 0 aliphatic heterocycles. The second-order valence-corrected chi connectivity index (χ2v) is 8.74. The average molecular weight is 471 g/mol. The molecule has 1 N–H and O–H groups in total. The Balaban J connectivity index is 1.53. The number of aryl methyl sites for hydroxylation is 1. The smallest absolute Gasteiger partial charge is 0.433 e. The molecule has 0 unspecified atom stereocenters. The zero-order valence-corrected chi connectivity index (χ0v) is 17.9. The summed E-state index contributed by atoms with van der Waals surface area (Å²) in [5.41, 5.74) is -0.127. The number of thiophene rings is 1. The van der Waals surface area contributed by atoms with Crippen LogP contribution in [0.25, 0.3) is 17.1 Å². The van der Waals surface area contributed by atoms with Crippen molar-refractivity contribution in [3.8, 4) is 17.5 Å². The van der Waals surface area contributed by atoms with E-state index in [-0.39, 0.29) is 22.8 Å². The van der Waals surface area contributed by atoms with Crippen LogP contribution in [0.3, 0.4) is 0 Å². The quantitative estimate of drug-likeness (QED) is 0.400. The van der Waals surface area contributed by atoms with Crippen molar-refractivity contribution in [2.75, 3.05) is 5.32 Å². The Morgan fingerprint density at radius 3 is 2.79 bits per heavy atom. The topological polar surface area (TPSA) is 96.2 Å². The molecular weight excluding hydrogens is 455 g/mol. The number of rotatable bonds is 3. The zero-order valence-electron chi connectivity index (χ0n) is 17.1. The molecule has 33 heavy (non-hydrogen) atoms. The summed E-state index contributed by atoms with van der Waals surface area (Å²) in [5, 5.41) is 16.6. The van der Waals surface area contributed by atoms with Crippen LogP contribution < -0.4 is 5.32 Å². The van der Waals surface area contributed by atoms with Crippen LogP contribution in [0.4, 0.5) is 18.2 Å². The summed E-state index contributed by atoms with van der Waals surface area (Å²) < 4.78 is 46.9. The van der Waals surface area contributed by atoms with E-state index in [1.54, 1.807) is 6.07 Å². The monoisotopic (exact) mass is 471 g/mol. The highest BCUT2D eigenvalue weighted by Crippen LogP contribution is 2.37. The molecule has 11 heteroatoms. The number of hydrogen-bond donors (Lipinski definition) is 1. The van der Waals surface area contributed by atoms with Crippen LogP contribution in [0.5, 0.6) is 0 Å². The molecule has 0 saturated carbocycles. The lowest BCUT2D eigenvalue weighted by Crippen LogP contribution is -2.15. The first-order valence-electron chi connectivity index (χ1n) is 10.2. The first kappa shape index (κ1) is 21.2. The van der Waals surface area contributed by atoms with Crippen LogP contribution in [-0.4, -0.2) is 20.5 Å². The van der Waals surface area contributed by atoms with Gasteiger partial charge in [0.1, 0.15) is 16.8 Å². The Morgan fingerprint density at radius 2 is 2.06 bits per heavy atom. The van der Waals surface area contributed by atoms with Gasteiger partial charge in [-0.25, -0.2) is 9.50 Å². The molecule has 0 atom stereocenters. The van der Waals surface area contributed by atoms with Crippen molar-refractivity contribution in [3.05, 3.63) is 57.9 Å². The van der Waals surface area contributed by atoms with E-state index < -0.39 is 17.8 Å². The fourth-order valence-electron chi connectivity index (χ4n) is 3.95. The van der Waals surface area contributed by atoms with Gasteiger partial charge in [0.15, 0.2) is 22.8 Å². The van der Waals surface area contributed by atoms with Crippen molar-refractivity contribution < 1.29 is 22.4 Å². The third kappa shape index (κ3) is 3.87. The van der Waals surface area contributed by atoms with Gasteiger partial charge in [-0.3, -0.25) is 4.79 Å². The van der Waals surface area contributed by atoms with Gasteiger partial charge in [0.2, 0.25) is 0 Å². The highest BCUT2D eigenvalue weighted by Gasteiger charge is 2.36. The largest absolute Gasteiger partial charge is 0.463 e. The predicted octanol–water partition coefficient (Wildman–Crippen LogP) is 5.46. The van der Waals surface area contributed by atoms with Crippen molar-refractivity contribution in [3.63, 3.8) is 0 Å². The van der Waals surface area contributed by atoms with Crippen molar-refractivity contribution in [1.82, 2.24) is 14.6 Å². The number of nitrogens with zero attached hydrogens (tertiary/aromatic N) is 4. The summed E-state index contributed by atoms with van der Waals surface area (Å²) in [7, 11) is 0. The van der Waals surface area contributed by atoms with E-state index in [9.17, 15) is 23.2 Å². The Labute approximate surface area is 189 Å². The highest BCUT2D eigenvalue weighted by molar-refractivity contribution is 7.16. The third-order valence-electron chi connectivity index (χ3n) is 5.48. The van der Waals surface area contributed by atoms with Gasteiger partial charge in [-0.05, 0) is 49.4 Å². The van der Waals surface area contributed by atoms with E-state index in [2.05, 4.69) is 21.5 Å². The Morgan fingerprint density at radius 1 is 1.24 bits per heavy atom. The Hall–Kier alpha value is -3.65. The van der Waals surface area contributed by atoms with Crippen LogP contribution in [0, 0.1) is 11.3 Å². The van der Waals surface area contributed by atoms with E-state index in [1.165, 1.54) is 29.7 Å². The summed E-state index contributed by atoms with van der Waals surface area (Å²) in [6, 6.07) is 7.21. The molecule has 168 valence electrons. The number of fused-ring (bicyclic) bond motifs is 2. The van der Waals surface area contributed by atoms with Gasteiger partial charge < -0.3 is 9.73 Å². The van der Waals surface area contributed by atoms with E-state index in [0.29, 0.717) is 15.1 Å². The summed E-state index contributed by atoms with van der Waals surface area (Å²) in [4.78, 5) is 18.1. The van der Waals surface area contributed by atoms with E-state index in [0.717, 1.165) is 48.6 Å². The number of aromatic nitrogens is 3. The van der Waals surface area contributed by atoms with Gasteiger partial charge in [-0.1, -0.05) is 6.42 Å². The molecule has 0 bridgehead atoms. The lowest BCUT2D eigenvalue weighted by Gasteiger charge is -2.09. The van der Waals surface area contributed by atoms with Gasteiger partial charge in [-0.2, -0.15) is 23.5 Å². The summed E-state index contributed by atoms with van der Waals surface area (Å²) in [6.07, 6.45) is 1.29. The summed E-state index contributed by atoms with van der Waals surface area (Å²) in [5.74, 6) is -0.546. The number of halogens is 3. The minimum Gasteiger partial charge on any atom is -0.463 e. The number of carbonyl (C=O) groups excluding carboxylic acids is 1. The predicted molar refractivity (Wildman–Crippen MR) is 114 cm³/mol. The molecule has 0 spiro atoms. The molecule has 0 aromatic carbocycles. The second-order valence-electron chi connectivity index (χ2n) is 7.64. The molecular formula is C22H16F3N5O2S. The molecule has 4 aromatic rings. The maximum atomic E-state index is 13.7. The van der Waals surface area contributed by atoms with Gasteiger partial charge in [0, 0.05) is 10.9 Å². The van der Waals surface area contributed by atoms with E-state index in [4.69, 9.17) is 4.42 Å². The van der Waals surface area contributed by atoms with E-state index >= 15 is 0 Å². The standard InChI is InChI=1S/C22H16F3N5O2S/c23-22(24,25)18-9-14(16-6-4-8-32-16)27-19-10-15(29-30(18)19)20(31)28-21-13(11-26)12-5-2-1-3-7-17(12)33-21/h4,6,8-10H,1-3,5,7H2,(H,28,31). The number of nitriles is 1. The number of nitrogens with one attached hydrogen (secondary N) is 1. The number of carbonyl (C=O) groups is 1. The molecule has 1 aliphatic rings. The molecule has 0 saturated heterocycles. The van der Waals surface area contributed by atoms with Crippen LogP contribution in [0.2, 0.25) is 0 Å². The van der Waals surface area contributed by atoms with Gasteiger partial charge in [-0.15, -0.1) is 11.3 Å². The second kappa shape index (κ2) is 8.04. The van der Waals surface area contributed by atoms with Gasteiger partial charge in [0.25, 0.3) is 5.91 Å². The van der Waals surface area contributed by atoms with Gasteiger partial charge in [0.05, 0.1) is 11.8 Å². The molecule has 4 aromatic heterocycles. The number of anilines is 1. The fourth-order valence-corrected chi connectivity index (χ4v) is 5.19. The number of alkyl halides is 3. The molecule has 0 radical (unpaired) electrons. The number of amides is 1. The normalized spacial score (nSPS) is 14.0. The average Bonchev–Trinajstić information content (AvgIpc) is 3.48. The maximum Gasteiger partial charge on any atom is 0.433 e. The third-order valence-corrected chi connectivity index (χ3v) is 6.69. The molecule has 1 amide bonds. The van der Waals surface area contributed by atoms with E-state index in [1.807, 2.05) is 0 Å². The molecule has 0 fully saturated rings. The lowest BCUT2D eigenvalue weighted by atomic mass is 10.1. The van der Waals surface area contributed by atoms with Crippen molar-refractivity contribution in [2.45, 2.75) is 38.3 Å². The van der Waals surface area contributed by atoms with Crippen molar-refractivity contribution in [1.29, 1.82) is 5.26 Å². The summed E-state index contributed by atoms with van der Waals surface area (Å²) >= 11 is 1.34.